The minimum Gasteiger partial charge on any atom is -0.241 e. The molecule has 1 heterocycles. The van der Waals surface area contributed by atoms with Gasteiger partial charge in [0.25, 0.3) is 0 Å². The fourth-order valence-corrected chi connectivity index (χ4v) is 4.48. The van der Waals surface area contributed by atoms with E-state index in [2.05, 4.69) is 0 Å². The highest BCUT2D eigenvalue weighted by Gasteiger charge is 2.19. The van der Waals surface area contributed by atoms with Crippen molar-refractivity contribution in [3.8, 4) is 0 Å². The maximum Gasteiger partial charge on any atom is 0.110 e. The first-order valence-corrected chi connectivity index (χ1v) is 9.32. The Morgan fingerprint density at radius 1 is 0.423 bits per heavy atom. The molecule has 26 heavy (non-hydrogen) atoms. The van der Waals surface area contributed by atoms with Crippen LogP contribution < -0.4 is 0 Å². The monoisotopic (exact) mass is 416 g/mol. The van der Waals surface area contributed by atoms with Gasteiger partial charge in [-0.15, -0.1) is 0 Å². The molecule has 0 fully saturated rings. The van der Waals surface area contributed by atoms with Gasteiger partial charge >= 0.3 is 0 Å². The van der Waals surface area contributed by atoms with E-state index in [1.54, 1.807) is 0 Å². The zero-order chi connectivity index (χ0) is 18.0. The lowest BCUT2D eigenvalue weighted by Gasteiger charge is -2.12. The Morgan fingerprint density at radius 2 is 0.654 bits per heavy atom. The SMILES string of the molecule is Clc1c2ccccc2c(Cl)c2nc3c(Cl)c4ccccc4c(Cl)c3nc12. The molecule has 1 aromatic heterocycles. The molecular weight excluding hydrogens is 410 g/mol. The lowest BCUT2D eigenvalue weighted by molar-refractivity contribution is 1.41. The Labute approximate surface area is 168 Å². The first kappa shape index (κ1) is 16.3. The summed E-state index contributed by atoms with van der Waals surface area (Å²) in [5.74, 6) is 0. The molecule has 0 bridgehead atoms. The van der Waals surface area contributed by atoms with Crippen molar-refractivity contribution in [3.63, 3.8) is 0 Å². The number of fused-ring (bicyclic) bond motifs is 4. The molecule has 0 aliphatic carbocycles. The van der Waals surface area contributed by atoms with Crippen molar-refractivity contribution in [1.82, 2.24) is 9.97 Å². The van der Waals surface area contributed by atoms with E-state index in [-0.39, 0.29) is 0 Å². The van der Waals surface area contributed by atoms with Crippen LogP contribution in [-0.4, -0.2) is 9.97 Å². The fraction of sp³-hybridized carbons (Fsp3) is 0. The molecule has 0 aliphatic rings. The largest absolute Gasteiger partial charge is 0.241 e. The Hall–Kier alpha value is -1.84. The molecule has 0 spiro atoms. The van der Waals surface area contributed by atoms with Gasteiger partial charge in [-0.1, -0.05) is 94.9 Å². The van der Waals surface area contributed by atoms with E-state index in [4.69, 9.17) is 56.4 Å². The summed E-state index contributed by atoms with van der Waals surface area (Å²) in [6.45, 7) is 0. The van der Waals surface area contributed by atoms with Gasteiger partial charge in [-0.25, -0.2) is 9.97 Å². The molecule has 126 valence electrons. The van der Waals surface area contributed by atoms with E-state index >= 15 is 0 Å². The van der Waals surface area contributed by atoms with Crippen LogP contribution in [-0.2, 0) is 0 Å². The van der Waals surface area contributed by atoms with Crippen LogP contribution in [0.25, 0.3) is 43.6 Å². The average Bonchev–Trinajstić information content (AvgIpc) is 2.69. The van der Waals surface area contributed by atoms with Crippen molar-refractivity contribution in [2.45, 2.75) is 0 Å². The molecule has 5 aromatic rings. The Balaban J connectivity index is 2.08. The second-order valence-corrected chi connectivity index (χ2v) is 7.48. The molecule has 2 nitrogen and oxygen atoms in total. The minimum absolute atomic E-state index is 0.495. The molecule has 0 saturated carbocycles. The number of rotatable bonds is 0. The summed E-state index contributed by atoms with van der Waals surface area (Å²) < 4.78 is 0. The molecule has 0 atom stereocenters. The molecule has 0 radical (unpaired) electrons. The van der Waals surface area contributed by atoms with Gasteiger partial charge < -0.3 is 0 Å². The molecule has 0 aliphatic heterocycles. The molecular formula is C20H8Cl4N2. The van der Waals surface area contributed by atoms with Crippen molar-refractivity contribution in [1.29, 1.82) is 0 Å². The summed E-state index contributed by atoms with van der Waals surface area (Å²) in [5.41, 5.74) is 2.04. The van der Waals surface area contributed by atoms with Crippen molar-refractivity contribution in [2.24, 2.45) is 0 Å². The molecule has 0 N–H and O–H groups in total. The van der Waals surface area contributed by atoms with Gasteiger partial charge in [0.2, 0.25) is 0 Å². The van der Waals surface area contributed by atoms with E-state index in [1.807, 2.05) is 48.5 Å². The summed E-state index contributed by atoms with van der Waals surface area (Å²) in [5, 5.41) is 5.27. The van der Waals surface area contributed by atoms with Crippen molar-refractivity contribution in [2.75, 3.05) is 0 Å². The number of halogens is 4. The quantitative estimate of drug-likeness (QED) is 0.241. The van der Waals surface area contributed by atoms with Crippen LogP contribution in [0.5, 0.6) is 0 Å². The third kappa shape index (κ3) is 2.14. The van der Waals surface area contributed by atoms with E-state index < -0.39 is 0 Å². The van der Waals surface area contributed by atoms with Crippen molar-refractivity contribution in [3.05, 3.63) is 68.6 Å². The summed E-state index contributed by atoms with van der Waals surface area (Å²) in [6, 6.07) is 15.2. The third-order valence-corrected chi connectivity index (χ3v) is 6.06. The lowest BCUT2D eigenvalue weighted by atomic mass is 10.1. The van der Waals surface area contributed by atoms with Crippen LogP contribution in [0, 0.1) is 0 Å². The normalized spacial score (nSPS) is 11.8. The molecule has 0 amide bonds. The van der Waals surface area contributed by atoms with Gasteiger partial charge in [-0.3, -0.25) is 0 Å². The number of hydrogen-bond acceptors (Lipinski definition) is 2. The van der Waals surface area contributed by atoms with Crippen LogP contribution >= 0.6 is 46.4 Å². The predicted molar refractivity (Wildman–Crippen MR) is 112 cm³/mol. The summed E-state index contributed by atoms with van der Waals surface area (Å²) >= 11 is 26.5. The van der Waals surface area contributed by atoms with Crippen molar-refractivity contribution < 1.29 is 0 Å². The van der Waals surface area contributed by atoms with Crippen molar-refractivity contribution >= 4 is 90.0 Å². The summed E-state index contributed by atoms with van der Waals surface area (Å²) in [7, 11) is 0. The second kappa shape index (κ2) is 5.83. The highest BCUT2D eigenvalue weighted by atomic mass is 35.5. The number of aromatic nitrogens is 2. The zero-order valence-electron chi connectivity index (χ0n) is 13.0. The standard InChI is InChI=1S/C20H8Cl4N2/c21-13-9-5-1-2-6-10(9)14(22)18-17(13)25-19-15(23)11-7-3-4-8-12(11)16(24)20(19)26-18/h1-8H. The number of hydrogen-bond donors (Lipinski definition) is 0. The van der Waals surface area contributed by atoms with Gasteiger partial charge in [0.05, 0.1) is 20.1 Å². The molecule has 6 heteroatoms. The third-order valence-electron chi connectivity index (χ3n) is 4.53. The predicted octanol–water partition coefficient (Wildman–Crippen LogP) is 7.70. The van der Waals surface area contributed by atoms with Gasteiger partial charge in [0, 0.05) is 21.5 Å². The molecule has 0 unspecified atom stereocenters. The molecule has 4 aromatic carbocycles. The Kier molecular flexibility index (Phi) is 3.67. The second-order valence-electron chi connectivity index (χ2n) is 5.97. The minimum atomic E-state index is 0.495. The molecule has 0 saturated heterocycles. The zero-order valence-corrected chi connectivity index (χ0v) is 16.0. The van der Waals surface area contributed by atoms with Crippen LogP contribution in [0.1, 0.15) is 0 Å². The van der Waals surface area contributed by atoms with Gasteiger partial charge in [-0.05, 0) is 0 Å². The highest BCUT2D eigenvalue weighted by Crippen LogP contribution is 2.42. The Morgan fingerprint density at radius 3 is 0.885 bits per heavy atom. The highest BCUT2D eigenvalue weighted by molar-refractivity contribution is 6.49. The first-order chi connectivity index (χ1) is 12.6. The first-order valence-electron chi connectivity index (χ1n) is 7.81. The van der Waals surface area contributed by atoms with E-state index in [9.17, 15) is 0 Å². The van der Waals surface area contributed by atoms with Crippen LogP contribution in [0.15, 0.2) is 48.5 Å². The van der Waals surface area contributed by atoms with Gasteiger partial charge in [-0.2, -0.15) is 0 Å². The van der Waals surface area contributed by atoms with Crippen LogP contribution in [0.3, 0.4) is 0 Å². The topological polar surface area (TPSA) is 25.8 Å². The molecule has 5 rings (SSSR count). The van der Waals surface area contributed by atoms with Gasteiger partial charge in [0.1, 0.15) is 22.1 Å². The summed E-state index contributed by atoms with van der Waals surface area (Å²) in [6.07, 6.45) is 0. The van der Waals surface area contributed by atoms with Crippen LogP contribution in [0.4, 0.5) is 0 Å². The Bertz CT molecular complexity index is 1170. The van der Waals surface area contributed by atoms with E-state index in [1.165, 1.54) is 0 Å². The number of benzene rings is 4. The van der Waals surface area contributed by atoms with E-state index in [0.29, 0.717) is 42.2 Å². The van der Waals surface area contributed by atoms with E-state index in [0.717, 1.165) is 21.5 Å². The average molecular weight is 418 g/mol. The maximum atomic E-state index is 6.62. The van der Waals surface area contributed by atoms with Crippen LogP contribution in [0.2, 0.25) is 20.1 Å². The maximum absolute atomic E-state index is 6.62. The smallest absolute Gasteiger partial charge is 0.110 e. The fourth-order valence-electron chi connectivity index (χ4n) is 3.29. The summed E-state index contributed by atoms with van der Waals surface area (Å²) in [4.78, 5) is 9.41. The number of nitrogens with zero attached hydrogens (tertiary/aromatic N) is 2. The van der Waals surface area contributed by atoms with Gasteiger partial charge in [0.15, 0.2) is 0 Å². The lowest BCUT2D eigenvalue weighted by Crippen LogP contribution is -1.94.